The highest BCUT2D eigenvalue weighted by Crippen LogP contribution is 2.39. The van der Waals surface area contributed by atoms with Gasteiger partial charge >= 0.3 is 0 Å². The average Bonchev–Trinajstić information content (AvgIpc) is 3.04. The molecule has 0 radical (unpaired) electrons. The van der Waals surface area contributed by atoms with E-state index in [2.05, 4.69) is 10.6 Å². The van der Waals surface area contributed by atoms with Crippen LogP contribution in [-0.4, -0.2) is 24.9 Å². The van der Waals surface area contributed by atoms with Crippen LogP contribution in [-0.2, 0) is 17.8 Å². The van der Waals surface area contributed by atoms with Gasteiger partial charge in [0.05, 0.1) is 6.54 Å². The standard InChI is InChI=1S/C36H31ClFN3O3/c37-28-14-16-30(34(21-28)44-29-11-6-7-24(19-29)22-39)32-20-27(25-8-2-1-3-9-25)13-15-31(32)36(43)41-35(42)23-40-18-17-26-10-4-5-12-33(26)38/h1-16,19-21,40H,17-18,22-23,39H2,(H,41,42,43). The molecule has 0 atom stereocenters. The molecule has 222 valence electrons. The fraction of sp³-hybridized carbons (Fsp3) is 0.111. The minimum absolute atomic E-state index is 0.107. The number of nitrogens with one attached hydrogen (secondary N) is 2. The van der Waals surface area contributed by atoms with Gasteiger partial charge < -0.3 is 15.8 Å². The smallest absolute Gasteiger partial charge is 0.258 e. The van der Waals surface area contributed by atoms with Crippen LogP contribution < -0.4 is 21.1 Å². The Balaban J connectivity index is 1.41. The van der Waals surface area contributed by atoms with Crippen LogP contribution in [0.2, 0.25) is 5.02 Å². The van der Waals surface area contributed by atoms with Crippen LogP contribution >= 0.6 is 11.6 Å². The van der Waals surface area contributed by atoms with E-state index in [1.54, 1.807) is 42.5 Å². The molecule has 0 heterocycles. The Bertz CT molecular complexity index is 1780. The van der Waals surface area contributed by atoms with Crippen LogP contribution in [0.3, 0.4) is 0 Å². The van der Waals surface area contributed by atoms with Crippen LogP contribution in [0.25, 0.3) is 22.3 Å². The molecule has 8 heteroatoms. The first-order valence-electron chi connectivity index (χ1n) is 14.2. The summed E-state index contributed by atoms with van der Waals surface area (Å²) >= 11 is 6.38. The Morgan fingerprint density at radius 1 is 0.795 bits per heavy atom. The van der Waals surface area contributed by atoms with Crippen molar-refractivity contribution in [3.8, 4) is 33.8 Å². The molecule has 0 aliphatic carbocycles. The van der Waals surface area contributed by atoms with Gasteiger partial charge in [-0.05, 0) is 83.2 Å². The van der Waals surface area contributed by atoms with E-state index in [1.165, 1.54) is 6.07 Å². The normalized spacial score (nSPS) is 10.8. The maximum absolute atomic E-state index is 13.9. The molecule has 0 saturated carbocycles. The molecule has 0 spiro atoms. The molecule has 0 unspecified atom stereocenters. The first-order valence-corrected chi connectivity index (χ1v) is 14.5. The maximum atomic E-state index is 13.9. The topological polar surface area (TPSA) is 93.4 Å². The molecule has 5 aromatic rings. The minimum atomic E-state index is -0.563. The molecular weight excluding hydrogens is 577 g/mol. The SMILES string of the molecule is NCc1cccc(Oc2cc(Cl)ccc2-c2cc(-c3ccccc3)ccc2C(=O)NC(=O)CNCCc2ccccc2F)c1. The van der Waals surface area contributed by atoms with Crippen LogP contribution in [0.4, 0.5) is 4.39 Å². The quantitative estimate of drug-likeness (QED) is 0.139. The molecule has 44 heavy (non-hydrogen) atoms. The summed E-state index contributed by atoms with van der Waals surface area (Å²) in [5, 5.41) is 5.91. The number of benzene rings is 5. The molecule has 2 amide bonds. The Labute approximate surface area is 260 Å². The summed E-state index contributed by atoms with van der Waals surface area (Å²) in [5.74, 6) is -0.359. The van der Waals surface area contributed by atoms with Gasteiger partial charge in [-0.3, -0.25) is 14.9 Å². The van der Waals surface area contributed by atoms with Crippen molar-refractivity contribution in [1.82, 2.24) is 10.6 Å². The summed E-state index contributed by atoms with van der Waals surface area (Å²) in [7, 11) is 0. The van der Waals surface area contributed by atoms with Crippen molar-refractivity contribution in [3.63, 3.8) is 0 Å². The Morgan fingerprint density at radius 2 is 1.59 bits per heavy atom. The molecule has 6 nitrogen and oxygen atoms in total. The predicted octanol–water partition coefficient (Wildman–Crippen LogP) is 7.15. The summed E-state index contributed by atoms with van der Waals surface area (Å²) in [6.07, 6.45) is 0.409. The maximum Gasteiger partial charge on any atom is 0.258 e. The lowest BCUT2D eigenvalue weighted by Crippen LogP contribution is -2.38. The zero-order chi connectivity index (χ0) is 30.9. The number of amides is 2. The number of hydrogen-bond donors (Lipinski definition) is 3. The third-order valence-corrected chi connectivity index (χ3v) is 7.27. The minimum Gasteiger partial charge on any atom is -0.457 e. The molecule has 0 aliphatic heterocycles. The van der Waals surface area contributed by atoms with E-state index in [1.807, 2.05) is 66.7 Å². The van der Waals surface area contributed by atoms with Crippen LogP contribution in [0, 0.1) is 5.82 Å². The van der Waals surface area contributed by atoms with Gasteiger partial charge in [0.15, 0.2) is 0 Å². The van der Waals surface area contributed by atoms with Gasteiger partial charge in [-0.25, -0.2) is 4.39 Å². The number of carbonyl (C=O) groups is 2. The third kappa shape index (κ3) is 7.76. The summed E-state index contributed by atoms with van der Waals surface area (Å²) in [4.78, 5) is 26.3. The first kappa shape index (κ1) is 30.6. The van der Waals surface area contributed by atoms with Crippen molar-refractivity contribution >= 4 is 23.4 Å². The lowest BCUT2D eigenvalue weighted by atomic mass is 9.93. The molecule has 0 bridgehead atoms. The second-order valence-electron chi connectivity index (χ2n) is 10.1. The van der Waals surface area contributed by atoms with Gasteiger partial charge in [0.2, 0.25) is 5.91 Å². The number of nitrogens with two attached hydrogens (primary N) is 1. The largest absolute Gasteiger partial charge is 0.457 e. The average molecular weight is 608 g/mol. The third-order valence-electron chi connectivity index (χ3n) is 7.03. The first-order chi connectivity index (χ1) is 21.4. The van der Waals surface area contributed by atoms with E-state index < -0.39 is 11.8 Å². The van der Waals surface area contributed by atoms with Crippen molar-refractivity contribution in [2.24, 2.45) is 5.73 Å². The lowest BCUT2D eigenvalue weighted by Gasteiger charge is -2.17. The molecule has 4 N–H and O–H groups in total. The van der Waals surface area contributed by atoms with Crippen molar-refractivity contribution < 1.29 is 18.7 Å². The van der Waals surface area contributed by atoms with E-state index in [4.69, 9.17) is 22.1 Å². The van der Waals surface area contributed by atoms with Gasteiger partial charge in [0.25, 0.3) is 5.91 Å². The number of carbonyl (C=O) groups excluding carboxylic acids is 2. The molecule has 5 aromatic carbocycles. The van der Waals surface area contributed by atoms with Crippen molar-refractivity contribution in [1.29, 1.82) is 0 Å². The van der Waals surface area contributed by atoms with E-state index in [0.717, 1.165) is 16.7 Å². The van der Waals surface area contributed by atoms with E-state index in [-0.39, 0.29) is 17.9 Å². The molecule has 5 rings (SSSR count). The summed E-state index contributed by atoms with van der Waals surface area (Å²) in [6.45, 7) is 0.621. The highest BCUT2D eigenvalue weighted by molar-refractivity contribution is 6.30. The van der Waals surface area contributed by atoms with E-state index in [0.29, 0.717) is 52.7 Å². The van der Waals surface area contributed by atoms with Gasteiger partial charge in [-0.15, -0.1) is 0 Å². The van der Waals surface area contributed by atoms with Crippen LogP contribution in [0.1, 0.15) is 21.5 Å². The highest BCUT2D eigenvalue weighted by Gasteiger charge is 2.20. The lowest BCUT2D eigenvalue weighted by molar-refractivity contribution is -0.119. The zero-order valence-electron chi connectivity index (χ0n) is 23.9. The predicted molar refractivity (Wildman–Crippen MR) is 172 cm³/mol. The highest BCUT2D eigenvalue weighted by atomic mass is 35.5. The summed E-state index contributed by atoms with van der Waals surface area (Å²) in [5.41, 5.74) is 10.6. The van der Waals surface area contributed by atoms with E-state index >= 15 is 0 Å². The molecule has 0 fully saturated rings. The van der Waals surface area contributed by atoms with Gasteiger partial charge in [0, 0.05) is 28.8 Å². The van der Waals surface area contributed by atoms with Gasteiger partial charge in [-0.2, -0.15) is 0 Å². The second kappa shape index (κ2) is 14.6. The summed E-state index contributed by atoms with van der Waals surface area (Å²) < 4.78 is 20.2. The molecule has 0 saturated heterocycles. The van der Waals surface area contributed by atoms with Gasteiger partial charge in [0.1, 0.15) is 17.3 Å². The fourth-order valence-corrected chi connectivity index (χ4v) is 4.97. The van der Waals surface area contributed by atoms with Crippen LogP contribution in [0.15, 0.2) is 115 Å². The Kier molecular flexibility index (Phi) is 10.1. The summed E-state index contributed by atoms with van der Waals surface area (Å²) in [6, 6.07) is 34.3. The molecule has 0 aromatic heterocycles. The monoisotopic (exact) mass is 607 g/mol. The van der Waals surface area contributed by atoms with Crippen molar-refractivity contribution in [3.05, 3.63) is 143 Å². The Morgan fingerprint density at radius 3 is 2.39 bits per heavy atom. The number of hydrogen-bond acceptors (Lipinski definition) is 5. The number of halogens is 2. The van der Waals surface area contributed by atoms with Crippen molar-refractivity contribution in [2.45, 2.75) is 13.0 Å². The van der Waals surface area contributed by atoms with Gasteiger partial charge in [-0.1, -0.05) is 78.3 Å². The number of ether oxygens (including phenoxy) is 1. The zero-order valence-corrected chi connectivity index (χ0v) is 24.6. The second-order valence-corrected chi connectivity index (χ2v) is 10.6. The van der Waals surface area contributed by atoms with Crippen molar-refractivity contribution in [2.75, 3.05) is 13.1 Å². The van der Waals surface area contributed by atoms with E-state index in [9.17, 15) is 14.0 Å². The number of rotatable bonds is 11. The number of imide groups is 1. The molecular formula is C36H31ClFN3O3. The fourth-order valence-electron chi connectivity index (χ4n) is 4.81. The Hall–Kier alpha value is -4.82. The molecule has 0 aliphatic rings. The van der Waals surface area contributed by atoms with Crippen LogP contribution in [0.5, 0.6) is 11.5 Å².